The Labute approximate surface area is 83.7 Å². The molecule has 0 aliphatic rings. The lowest BCUT2D eigenvalue weighted by Crippen LogP contribution is -2.03. The summed E-state index contributed by atoms with van der Waals surface area (Å²) in [6.45, 7) is 0. The number of methoxy groups -OCH3 is 1. The quantitative estimate of drug-likeness (QED) is 0.572. The molecule has 7 heteroatoms. The molecule has 15 heavy (non-hydrogen) atoms. The van der Waals surface area contributed by atoms with Crippen LogP contribution in [0.2, 0.25) is 0 Å². The molecule has 2 N–H and O–H groups in total. The highest BCUT2D eigenvalue weighted by Crippen LogP contribution is 2.33. The average molecular weight is 213 g/mol. The molecule has 0 unspecified atom stereocenters. The largest absolute Gasteiger partial charge is 0.504 e. The van der Waals surface area contributed by atoms with Gasteiger partial charge in [-0.25, -0.2) is 4.79 Å². The van der Waals surface area contributed by atoms with Gasteiger partial charge in [-0.15, -0.1) is 0 Å². The average Bonchev–Trinajstić information content (AvgIpc) is 2.16. The van der Waals surface area contributed by atoms with Crippen molar-refractivity contribution in [2.45, 2.75) is 0 Å². The third-order valence-corrected chi connectivity index (χ3v) is 1.72. The van der Waals surface area contributed by atoms with Gasteiger partial charge in [-0.3, -0.25) is 10.1 Å². The van der Waals surface area contributed by atoms with Gasteiger partial charge in [0, 0.05) is 6.07 Å². The van der Waals surface area contributed by atoms with Gasteiger partial charge in [0.2, 0.25) is 0 Å². The second-order valence-corrected chi connectivity index (χ2v) is 2.60. The molecule has 0 fully saturated rings. The number of hydrogen-bond donors (Lipinski definition) is 2. The molecule has 1 aromatic rings. The summed E-state index contributed by atoms with van der Waals surface area (Å²) in [6, 6.07) is 1.64. The first-order valence-electron chi connectivity index (χ1n) is 3.76. The molecular formula is C8H7NO6. The number of ether oxygens (including phenoxy) is 1. The number of carbonyl (C=O) groups is 1. The third-order valence-electron chi connectivity index (χ3n) is 1.72. The van der Waals surface area contributed by atoms with Gasteiger partial charge in [-0.2, -0.15) is 0 Å². The van der Waals surface area contributed by atoms with Crippen LogP contribution in [-0.2, 0) is 0 Å². The molecule has 0 amide bonds. The second kappa shape index (κ2) is 3.82. The van der Waals surface area contributed by atoms with Crippen LogP contribution in [0.3, 0.4) is 0 Å². The van der Waals surface area contributed by atoms with Crippen molar-refractivity contribution in [3.8, 4) is 11.5 Å². The molecule has 0 saturated carbocycles. The first-order valence-corrected chi connectivity index (χ1v) is 3.76. The summed E-state index contributed by atoms with van der Waals surface area (Å²) in [5.74, 6) is -2.09. The van der Waals surface area contributed by atoms with E-state index in [0.29, 0.717) is 0 Å². The maximum Gasteiger partial charge on any atom is 0.342 e. The number of phenolic OH excluding ortho intramolecular Hbond substituents is 1. The Morgan fingerprint density at radius 2 is 2.13 bits per heavy atom. The van der Waals surface area contributed by atoms with E-state index in [1.54, 1.807) is 0 Å². The van der Waals surface area contributed by atoms with E-state index in [1.807, 2.05) is 0 Å². The topological polar surface area (TPSA) is 110 Å². The second-order valence-electron chi connectivity index (χ2n) is 2.60. The van der Waals surface area contributed by atoms with Gasteiger partial charge >= 0.3 is 5.97 Å². The van der Waals surface area contributed by atoms with Crippen LogP contribution >= 0.6 is 0 Å². The zero-order valence-corrected chi connectivity index (χ0v) is 7.63. The molecule has 0 atom stereocenters. The van der Waals surface area contributed by atoms with Gasteiger partial charge in [-0.05, 0) is 0 Å². The summed E-state index contributed by atoms with van der Waals surface area (Å²) < 4.78 is 4.62. The number of hydrogen-bond acceptors (Lipinski definition) is 5. The Morgan fingerprint density at radius 3 is 2.53 bits per heavy atom. The van der Waals surface area contributed by atoms with Gasteiger partial charge < -0.3 is 14.9 Å². The summed E-state index contributed by atoms with van der Waals surface area (Å²) >= 11 is 0. The third kappa shape index (κ3) is 1.96. The van der Waals surface area contributed by atoms with Crippen LogP contribution in [0.4, 0.5) is 5.69 Å². The number of nitro benzene ring substituents is 1. The minimum Gasteiger partial charge on any atom is -0.504 e. The highest BCUT2D eigenvalue weighted by Gasteiger charge is 2.23. The van der Waals surface area contributed by atoms with Crippen LogP contribution < -0.4 is 4.74 Å². The standard InChI is InChI=1S/C8H7NO6/c1-15-7-3-5(9(13)14)4(8(11)12)2-6(7)10/h2-3,10H,1H3,(H,11,12). The number of nitrogens with zero attached hydrogens (tertiary/aromatic N) is 1. The number of benzene rings is 1. The van der Waals surface area contributed by atoms with Gasteiger partial charge in [0.15, 0.2) is 11.5 Å². The summed E-state index contributed by atoms with van der Waals surface area (Å²) in [7, 11) is 1.21. The lowest BCUT2D eigenvalue weighted by Gasteiger charge is -2.04. The van der Waals surface area contributed by atoms with E-state index in [4.69, 9.17) is 5.11 Å². The van der Waals surface area contributed by atoms with Crippen LogP contribution in [0.15, 0.2) is 12.1 Å². The molecule has 0 bridgehead atoms. The van der Waals surface area contributed by atoms with Crippen molar-refractivity contribution in [3.05, 3.63) is 27.8 Å². The molecule has 1 rings (SSSR count). The van der Waals surface area contributed by atoms with Crippen molar-refractivity contribution in [1.82, 2.24) is 0 Å². The zero-order chi connectivity index (χ0) is 11.6. The molecule has 0 aliphatic carbocycles. The molecule has 0 spiro atoms. The Hall–Kier alpha value is -2.31. The normalized spacial score (nSPS) is 9.67. The van der Waals surface area contributed by atoms with Crippen LogP contribution in [0, 0.1) is 10.1 Å². The maximum atomic E-state index is 10.6. The van der Waals surface area contributed by atoms with E-state index in [0.717, 1.165) is 12.1 Å². The number of carboxylic acids is 1. The first-order chi connectivity index (χ1) is 6.97. The fourth-order valence-electron chi connectivity index (χ4n) is 1.04. The fourth-order valence-corrected chi connectivity index (χ4v) is 1.04. The Balaban J connectivity index is 3.45. The van der Waals surface area contributed by atoms with E-state index in [-0.39, 0.29) is 5.75 Å². The van der Waals surface area contributed by atoms with Crippen LogP contribution in [-0.4, -0.2) is 28.2 Å². The van der Waals surface area contributed by atoms with Crippen LogP contribution in [0.25, 0.3) is 0 Å². The van der Waals surface area contributed by atoms with Gasteiger partial charge in [-0.1, -0.05) is 0 Å². The Kier molecular flexibility index (Phi) is 2.75. The molecule has 0 radical (unpaired) electrons. The van der Waals surface area contributed by atoms with E-state index in [2.05, 4.69) is 4.74 Å². The summed E-state index contributed by atoms with van der Waals surface area (Å²) in [5.41, 5.74) is -1.21. The first kappa shape index (κ1) is 10.8. The SMILES string of the molecule is COc1cc([N+](=O)[O-])c(C(=O)O)cc1O. The van der Waals surface area contributed by atoms with Crippen molar-refractivity contribution < 1.29 is 24.7 Å². The monoisotopic (exact) mass is 213 g/mol. The van der Waals surface area contributed by atoms with Gasteiger partial charge in [0.25, 0.3) is 5.69 Å². The van der Waals surface area contributed by atoms with Crippen LogP contribution in [0.5, 0.6) is 11.5 Å². The van der Waals surface area contributed by atoms with Gasteiger partial charge in [0.05, 0.1) is 18.1 Å². The van der Waals surface area contributed by atoms with E-state index >= 15 is 0 Å². The van der Waals surface area contributed by atoms with Crippen molar-refractivity contribution in [1.29, 1.82) is 0 Å². The highest BCUT2D eigenvalue weighted by molar-refractivity contribution is 5.93. The predicted octanol–water partition coefficient (Wildman–Crippen LogP) is 1.01. The van der Waals surface area contributed by atoms with E-state index in [1.165, 1.54) is 7.11 Å². The highest BCUT2D eigenvalue weighted by atomic mass is 16.6. The number of phenols is 1. The summed E-state index contributed by atoms with van der Waals surface area (Å²) in [5, 5.41) is 28.4. The van der Waals surface area contributed by atoms with Crippen molar-refractivity contribution in [2.75, 3.05) is 7.11 Å². The van der Waals surface area contributed by atoms with Crippen LogP contribution in [0.1, 0.15) is 10.4 Å². The van der Waals surface area contributed by atoms with Crippen molar-refractivity contribution in [3.63, 3.8) is 0 Å². The summed E-state index contributed by atoms with van der Waals surface area (Å²) in [4.78, 5) is 20.3. The molecule has 0 heterocycles. The lowest BCUT2D eigenvalue weighted by molar-refractivity contribution is -0.385. The molecule has 0 aliphatic heterocycles. The number of carboxylic acid groups (broad SMARTS) is 1. The summed E-state index contributed by atoms with van der Waals surface area (Å²) in [6.07, 6.45) is 0. The van der Waals surface area contributed by atoms with Gasteiger partial charge in [0.1, 0.15) is 5.56 Å². The van der Waals surface area contributed by atoms with E-state index < -0.39 is 27.9 Å². The number of aromatic hydroxyl groups is 1. The van der Waals surface area contributed by atoms with E-state index in [9.17, 15) is 20.0 Å². The number of aromatic carboxylic acids is 1. The van der Waals surface area contributed by atoms with Crippen molar-refractivity contribution >= 4 is 11.7 Å². The molecular weight excluding hydrogens is 206 g/mol. The molecule has 80 valence electrons. The molecule has 0 aromatic heterocycles. The maximum absolute atomic E-state index is 10.6. The molecule has 1 aromatic carbocycles. The van der Waals surface area contributed by atoms with Crippen molar-refractivity contribution in [2.24, 2.45) is 0 Å². The Morgan fingerprint density at radius 1 is 1.53 bits per heavy atom. The predicted molar refractivity (Wildman–Crippen MR) is 48.3 cm³/mol. The molecule has 0 saturated heterocycles. The smallest absolute Gasteiger partial charge is 0.342 e. The number of rotatable bonds is 3. The molecule has 7 nitrogen and oxygen atoms in total. The minimum absolute atomic E-state index is 0.147. The number of nitro groups is 1. The fraction of sp³-hybridized carbons (Fsp3) is 0.125. The Bertz CT molecular complexity index is 427. The zero-order valence-electron chi connectivity index (χ0n) is 7.63. The minimum atomic E-state index is -1.49. The lowest BCUT2D eigenvalue weighted by atomic mass is 10.1.